The highest BCUT2D eigenvalue weighted by atomic mass is 32.2. The number of likely N-dealkylation sites (N-methyl/N-ethyl adjacent to an activating group) is 1. The summed E-state index contributed by atoms with van der Waals surface area (Å²) in [7, 11) is -0.00209. The van der Waals surface area contributed by atoms with E-state index in [0.29, 0.717) is 13.2 Å². The maximum absolute atomic E-state index is 12.3. The molecule has 0 amide bonds. The Bertz CT molecular complexity index is 313. The SMILES string of the molecule is COCC(N)CN(C)S(=O)(=O)C1CCCCC1. The second-order valence-corrected chi connectivity index (χ2v) is 7.12. The minimum absolute atomic E-state index is 0.212. The molecule has 0 saturated heterocycles. The Morgan fingerprint density at radius 3 is 2.47 bits per heavy atom. The first-order chi connectivity index (χ1) is 7.98. The summed E-state index contributed by atoms with van der Waals surface area (Å²) < 4.78 is 30.8. The molecule has 0 spiro atoms. The fraction of sp³-hybridized carbons (Fsp3) is 1.00. The Kier molecular flexibility index (Phi) is 5.85. The minimum Gasteiger partial charge on any atom is -0.383 e. The zero-order valence-electron chi connectivity index (χ0n) is 10.8. The van der Waals surface area contributed by atoms with Crippen LogP contribution in [0.25, 0.3) is 0 Å². The van der Waals surface area contributed by atoms with Crippen molar-refractivity contribution in [3.05, 3.63) is 0 Å². The van der Waals surface area contributed by atoms with Crippen LogP contribution in [0.1, 0.15) is 32.1 Å². The summed E-state index contributed by atoms with van der Waals surface area (Å²) in [6, 6.07) is -0.261. The van der Waals surface area contributed by atoms with Crippen LogP contribution in [0, 0.1) is 0 Å². The van der Waals surface area contributed by atoms with Crippen molar-refractivity contribution in [1.82, 2.24) is 4.31 Å². The zero-order chi connectivity index (χ0) is 12.9. The van der Waals surface area contributed by atoms with Gasteiger partial charge in [0, 0.05) is 26.7 Å². The highest BCUT2D eigenvalue weighted by molar-refractivity contribution is 7.89. The lowest BCUT2D eigenvalue weighted by Gasteiger charge is -2.28. The van der Waals surface area contributed by atoms with Gasteiger partial charge in [-0.1, -0.05) is 19.3 Å². The molecular weight excluding hydrogens is 240 g/mol. The van der Waals surface area contributed by atoms with Crippen LogP contribution in [0.2, 0.25) is 0 Å². The maximum Gasteiger partial charge on any atom is 0.216 e. The fourth-order valence-electron chi connectivity index (χ4n) is 2.32. The quantitative estimate of drug-likeness (QED) is 0.760. The minimum atomic E-state index is -3.18. The molecule has 5 nitrogen and oxygen atoms in total. The number of nitrogens with two attached hydrogens (primary N) is 1. The van der Waals surface area contributed by atoms with Crippen molar-refractivity contribution < 1.29 is 13.2 Å². The molecule has 1 unspecified atom stereocenters. The molecule has 102 valence electrons. The summed E-state index contributed by atoms with van der Waals surface area (Å²) in [5.74, 6) is 0. The van der Waals surface area contributed by atoms with Crippen molar-refractivity contribution >= 4 is 10.0 Å². The van der Waals surface area contributed by atoms with Gasteiger partial charge in [-0.15, -0.1) is 0 Å². The maximum atomic E-state index is 12.3. The van der Waals surface area contributed by atoms with Crippen LogP contribution in [0.5, 0.6) is 0 Å². The molecule has 0 aliphatic heterocycles. The third-order valence-electron chi connectivity index (χ3n) is 3.28. The average molecular weight is 264 g/mol. The fourth-order valence-corrected chi connectivity index (χ4v) is 4.16. The van der Waals surface area contributed by atoms with E-state index in [1.54, 1.807) is 14.2 Å². The highest BCUT2D eigenvalue weighted by Crippen LogP contribution is 2.25. The summed E-state index contributed by atoms with van der Waals surface area (Å²) in [5.41, 5.74) is 5.78. The van der Waals surface area contributed by atoms with E-state index in [1.165, 1.54) is 4.31 Å². The van der Waals surface area contributed by atoms with Crippen molar-refractivity contribution in [3.63, 3.8) is 0 Å². The standard InChI is InChI=1S/C11H24N2O3S/c1-13(8-10(12)9-16-2)17(14,15)11-6-4-3-5-7-11/h10-11H,3-9,12H2,1-2H3. The van der Waals surface area contributed by atoms with Crippen LogP contribution in [-0.2, 0) is 14.8 Å². The lowest BCUT2D eigenvalue weighted by Crippen LogP contribution is -2.44. The van der Waals surface area contributed by atoms with Gasteiger partial charge < -0.3 is 10.5 Å². The molecule has 1 fully saturated rings. The van der Waals surface area contributed by atoms with Crippen LogP contribution >= 0.6 is 0 Å². The van der Waals surface area contributed by atoms with E-state index in [-0.39, 0.29) is 11.3 Å². The summed E-state index contributed by atoms with van der Waals surface area (Å²) in [6.45, 7) is 0.706. The molecule has 1 aliphatic carbocycles. The molecule has 1 aliphatic rings. The smallest absolute Gasteiger partial charge is 0.216 e. The van der Waals surface area contributed by atoms with E-state index in [4.69, 9.17) is 10.5 Å². The van der Waals surface area contributed by atoms with Crippen molar-refractivity contribution in [3.8, 4) is 0 Å². The van der Waals surface area contributed by atoms with Gasteiger partial charge in [0.05, 0.1) is 11.9 Å². The van der Waals surface area contributed by atoms with Crippen LogP contribution in [-0.4, -0.2) is 51.3 Å². The zero-order valence-corrected chi connectivity index (χ0v) is 11.6. The van der Waals surface area contributed by atoms with Crippen molar-refractivity contribution in [2.75, 3.05) is 27.3 Å². The Balaban J connectivity index is 2.56. The Labute approximate surface area is 104 Å². The second kappa shape index (κ2) is 6.68. The van der Waals surface area contributed by atoms with Crippen LogP contribution in [0.3, 0.4) is 0 Å². The number of sulfonamides is 1. The van der Waals surface area contributed by atoms with E-state index >= 15 is 0 Å². The van der Waals surface area contributed by atoms with Gasteiger partial charge in [-0.25, -0.2) is 12.7 Å². The molecule has 0 aromatic carbocycles. The van der Waals surface area contributed by atoms with Gasteiger partial charge in [-0.3, -0.25) is 0 Å². The first-order valence-corrected chi connectivity index (χ1v) is 7.68. The number of nitrogens with zero attached hydrogens (tertiary/aromatic N) is 1. The van der Waals surface area contributed by atoms with Crippen LogP contribution in [0.15, 0.2) is 0 Å². The van der Waals surface area contributed by atoms with E-state index < -0.39 is 10.0 Å². The molecule has 1 rings (SSSR count). The summed E-state index contributed by atoms with van der Waals surface area (Å²) >= 11 is 0. The van der Waals surface area contributed by atoms with Crippen molar-refractivity contribution in [2.45, 2.75) is 43.4 Å². The van der Waals surface area contributed by atoms with Crippen LogP contribution in [0.4, 0.5) is 0 Å². The van der Waals surface area contributed by atoms with Gasteiger partial charge in [0.25, 0.3) is 0 Å². The third kappa shape index (κ3) is 4.21. The normalized spacial score (nSPS) is 20.7. The predicted molar refractivity (Wildman–Crippen MR) is 68.3 cm³/mol. The Morgan fingerprint density at radius 1 is 1.35 bits per heavy atom. The molecule has 0 aromatic heterocycles. The molecule has 1 saturated carbocycles. The van der Waals surface area contributed by atoms with E-state index in [2.05, 4.69) is 0 Å². The van der Waals surface area contributed by atoms with Gasteiger partial charge in [0.1, 0.15) is 0 Å². The lowest BCUT2D eigenvalue weighted by molar-refractivity contribution is 0.173. The lowest BCUT2D eigenvalue weighted by atomic mass is 10.0. The van der Waals surface area contributed by atoms with E-state index in [0.717, 1.165) is 32.1 Å². The average Bonchev–Trinajstić information content (AvgIpc) is 2.30. The first kappa shape index (κ1) is 14.9. The molecule has 0 heterocycles. The second-order valence-electron chi connectivity index (χ2n) is 4.80. The Hall–Kier alpha value is -0.170. The highest BCUT2D eigenvalue weighted by Gasteiger charge is 2.31. The molecule has 2 N–H and O–H groups in total. The van der Waals surface area contributed by atoms with Gasteiger partial charge in [0.15, 0.2) is 0 Å². The molecule has 0 bridgehead atoms. The van der Waals surface area contributed by atoms with E-state index in [1.807, 2.05) is 0 Å². The van der Waals surface area contributed by atoms with Crippen molar-refractivity contribution in [1.29, 1.82) is 0 Å². The van der Waals surface area contributed by atoms with E-state index in [9.17, 15) is 8.42 Å². The van der Waals surface area contributed by atoms with Gasteiger partial charge >= 0.3 is 0 Å². The van der Waals surface area contributed by atoms with Gasteiger partial charge in [0.2, 0.25) is 10.0 Å². The topological polar surface area (TPSA) is 72.6 Å². The Morgan fingerprint density at radius 2 is 1.94 bits per heavy atom. The van der Waals surface area contributed by atoms with Crippen LogP contribution < -0.4 is 5.73 Å². The number of methoxy groups -OCH3 is 1. The summed E-state index contributed by atoms with van der Waals surface area (Å²) in [5, 5.41) is -0.212. The molecule has 6 heteroatoms. The molecule has 17 heavy (non-hydrogen) atoms. The summed E-state index contributed by atoms with van der Waals surface area (Å²) in [6.07, 6.45) is 4.75. The summed E-state index contributed by atoms with van der Waals surface area (Å²) in [4.78, 5) is 0. The monoisotopic (exact) mass is 264 g/mol. The molecule has 1 atom stereocenters. The number of ether oxygens (including phenoxy) is 1. The third-order valence-corrected chi connectivity index (χ3v) is 5.61. The predicted octanol–water partition coefficient (Wildman–Crippen LogP) is 0.554. The van der Waals surface area contributed by atoms with Gasteiger partial charge in [-0.05, 0) is 12.8 Å². The van der Waals surface area contributed by atoms with Crippen molar-refractivity contribution in [2.24, 2.45) is 5.73 Å². The number of hydrogen-bond donors (Lipinski definition) is 1. The number of hydrogen-bond acceptors (Lipinski definition) is 4. The largest absolute Gasteiger partial charge is 0.383 e. The van der Waals surface area contributed by atoms with Gasteiger partial charge in [-0.2, -0.15) is 0 Å². The molecular formula is C11H24N2O3S. The number of rotatable bonds is 6. The first-order valence-electron chi connectivity index (χ1n) is 6.18. The molecule has 0 radical (unpaired) electrons. The molecule has 0 aromatic rings.